The molecular formula is C12H16FN3P2. The molecule has 0 amide bonds. The first-order chi connectivity index (χ1) is 8.41. The van der Waals surface area contributed by atoms with Crippen molar-refractivity contribution >= 4 is 24.2 Å². The minimum Gasteiger partial charge on any atom is -0.399 e. The van der Waals surface area contributed by atoms with Gasteiger partial charge in [0, 0.05) is 24.0 Å². The first-order valence-electron chi connectivity index (χ1n) is 5.62. The van der Waals surface area contributed by atoms with Gasteiger partial charge in [0.1, 0.15) is 11.5 Å². The molecule has 0 fully saturated rings. The summed E-state index contributed by atoms with van der Waals surface area (Å²) in [7, 11) is 4.26. The first kappa shape index (κ1) is 13.5. The molecule has 0 spiro atoms. The maximum absolute atomic E-state index is 13.9. The summed E-state index contributed by atoms with van der Waals surface area (Å²) in [5, 5.41) is -1.59. The van der Waals surface area contributed by atoms with Crippen molar-refractivity contribution in [1.29, 1.82) is 0 Å². The molecule has 0 saturated heterocycles. The van der Waals surface area contributed by atoms with Crippen molar-refractivity contribution in [2.45, 2.75) is 18.6 Å². The van der Waals surface area contributed by atoms with E-state index in [9.17, 15) is 4.39 Å². The number of nitrogen functional groups attached to an aromatic ring is 1. The zero-order valence-corrected chi connectivity index (χ0v) is 12.4. The van der Waals surface area contributed by atoms with Gasteiger partial charge in [-0.2, -0.15) is 0 Å². The van der Waals surface area contributed by atoms with Crippen LogP contribution in [0.15, 0.2) is 30.5 Å². The molecular weight excluding hydrogens is 267 g/mol. The van der Waals surface area contributed by atoms with Gasteiger partial charge in [0.25, 0.3) is 0 Å². The van der Waals surface area contributed by atoms with Crippen molar-refractivity contribution < 1.29 is 4.39 Å². The van der Waals surface area contributed by atoms with Crippen LogP contribution in [-0.4, -0.2) is 9.55 Å². The van der Waals surface area contributed by atoms with E-state index in [1.807, 2.05) is 35.8 Å². The van der Waals surface area contributed by atoms with Crippen molar-refractivity contribution in [2.75, 3.05) is 5.73 Å². The van der Waals surface area contributed by atoms with Crippen LogP contribution in [0, 0.1) is 0 Å². The number of hydrogen-bond donors (Lipinski definition) is 1. The van der Waals surface area contributed by atoms with Crippen LogP contribution in [0.3, 0.4) is 0 Å². The molecule has 2 N–H and O–H groups in total. The Labute approximate surface area is 110 Å². The van der Waals surface area contributed by atoms with Crippen LogP contribution in [0.2, 0.25) is 0 Å². The van der Waals surface area contributed by atoms with Crippen molar-refractivity contribution in [3.63, 3.8) is 0 Å². The lowest BCUT2D eigenvalue weighted by Gasteiger charge is -2.08. The summed E-state index contributed by atoms with van der Waals surface area (Å²) < 4.78 is 15.8. The molecule has 18 heavy (non-hydrogen) atoms. The van der Waals surface area contributed by atoms with E-state index in [1.54, 1.807) is 6.20 Å². The molecule has 2 unspecified atom stereocenters. The molecule has 0 aliphatic rings. The molecule has 1 aromatic heterocycles. The minimum absolute atomic E-state index is 0.381. The van der Waals surface area contributed by atoms with E-state index in [4.69, 9.17) is 5.73 Å². The van der Waals surface area contributed by atoms with Gasteiger partial charge in [0.15, 0.2) is 5.15 Å². The molecule has 96 valence electrons. The highest BCUT2D eigenvalue weighted by molar-refractivity contribution is 7.38. The van der Waals surface area contributed by atoms with Crippen LogP contribution < -0.4 is 5.73 Å². The van der Waals surface area contributed by atoms with Crippen molar-refractivity contribution in [2.24, 2.45) is 0 Å². The number of hydrogen-bond acceptors (Lipinski definition) is 2. The number of anilines is 1. The van der Waals surface area contributed by atoms with Crippen LogP contribution in [0.1, 0.15) is 12.6 Å². The number of aryl methyl sites for hydroxylation is 1. The SMILES string of the molecule is CCn1cc(C(F)(P)P)nc1-c1ccc(N)cc1. The van der Waals surface area contributed by atoms with Gasteiger partial charge in [-0.3, -0.25) is 0 Å². The van der Waals surface area contributed by atoms with Crippen LogP contribution >= 0.6 is 18.5 Å². The largest absolute Gasteiger partial charge is 0.399 e. The van der Waals surface area contributed by atoms with E-state index in [2.05, 4.69) is 23.5 Å². The number of nitrogens with two attached hydrogens (primary N) is 1. The standard InChI is InChI=1S/C12H16FN3P2/c1-2-16-7-10(12(13,17)18)15-11(16)8-3-5-9(14)6-4-8/h3-7H,2,14,17-18H2,1H3. The fourth-order valence-electron chi connectivity index (χ4n) is 1.70. The number of benzene rings is 1. The Kier molecular flexibility index (Phi) is 3.70. The number of imidazole rings is 1. The third-order valence-electron chi connectivity index (χ3n) is 2.68. The van der Waals surface area contributed by atoms with E-state index < -0.39 is 5.15 Å². The lowest BCUT2D eigenvalue weighted by Crippen LogP contribution is -1.99. The van der Waals surface area contributed by atoms with Gasteiger partial charge in [-0.15, -0.1) is 0 Å². The number of halogens is 1. The number of aromatic nitrogens is 2. The van der Waals surface area contributed by atoms with Gasteiger partial charge in [0.05, 0.1) is 0 Å². The summed E-state index contributed by atoms with van der Waals surface area (Å²) in [6.07, 6.45) is 1.73. The van der Waals surface area contributed by atoms with E-state index in [1.165, 1.54) is 0 Å². The zero-order chi connectivity index (χ0) is 13.3. The normalized spacial score (nSPS) is 11.8. The molecule has 1 heterocycles. The third kappa shape index (κ3) is 2.71. The van der Waals surface area contributed by atoms with Gasteiger partial charge in [-0.25, -0.2) is 9.37 Å². The number of rotatable bonds is 3. The van der Waals surface area contributed by atoms with Crippen molar-refractivity contribution in [1.82, 2.24) is 9.55 Å². The van der Waals surface area contributed by atoms with Crippen molar-refractivity contribution in [3.8, 4) is 11.4 Å². The second-order valence-electron chi connectivity index (χ2n) is 4.13. The Bertz CT molecular complexity index is 543. The first-order valence-corrected chi connectivity index (χ1v) is 6.77. The molecule has 0 saturated carbocycles. The molecule has 2 aromatic rings. The fourth-order valence-corrected chi connectivity index (χ4v) is 1.98. The summed E-state index contributed by atoms with van der Waals surface area (Å²) in [6.45, 7) is 2.73. The fraction of sp³-hybridized carbons (Fsp3) is 0.250. The molecule has 2 rings (SSSR count). The Morgan fingerprint density at radius 3 is 2.44 bits per heavy atom. The van der Waals surface area contributed by atoms with Crippen LogP contribution in [0.5, 0.6) is 0 Å². The third-order valence-corrected chi connectivity index (χ3v) is 3.27. The molecule has 0 bridgehead atoms. The monoisotopic (exact) mass is 283 g/mol. The molecule has 0 radical (unpaired) electrons. The van der Waals surface area contributed by atoms with Crippen molar-refractivity contribution in [3.05, 3.63) is 36.2 Å². The Balaban J connectivity index is 2.50. The lowest BCUT2D eigenvalue weighted by molar-refractivity contribution is 0.415. The molecule has 0 aliphatic carbocycles. The average Bonchev–Trinajstić information content (AvgIpc) is 2.73. The van der Waals surface area contributed by atoms with Crippen LogP contribution in [-0.2, 0) is 11.7 Å². The smallest absolute Gasteiger partial charge is 0.178 e. The molecule has 0 aliphatic heterocycles. The maximum atomic E-state index is 13.9. The van der Waals surface area contributed by atoms with Gasteiger partial charge in [-0.05, 0) is 31.2 Å². The molecule has 2 atom stereocenters. The summed E-state index contributed by atoms with van der Waals surface area (Å²) >= 11 is 0. The minimum atomic E-state index is -1.59. The predicted octanol–water partition coefficient (Wildman–Crippen LogP) is 2.98. The highest BCUT2D eigenvalue weighted by atomic mass is 31.1. The summed E-state index contributed by atoms with van der Waals surface area (Å²) in [5.41, 5.74) is 7.66. The maximum Gasteiger partial charge on any atom is 0.178 e. The average molecular weight is 283 g/mol. The summed E-state index contributed by atoms with van der Waals surface area (Å²) in [4.78, 5) is 4.36. The van der Waals surface area contributed by atoms with E-state index in [0.29, 0.717) is 11.4 Å². The molecule has 6 heteroatoms. The Morgan fingerprint density at radius 2 is 1.94 bits per heavy atom. The summed E-state index contributed by atoms with van der Waals surface area (Å²) in [6, 6.07) is 7.40. The van der Waals surface area contributed by atoms with Gasteiger partial charge in [-0.1, -0.05) is 18.5 Å². The Morgan fingerprint density at radius 1 is 1.33 bits per heavy atom. The van der Waals surface area contributed by atoms with Crippen LogP contribution in [0.4, 0.5) is 10.1 Å². The van der Waals surface area contributed by atoms with E-state index in [0.717, 1.165) is 17.9 Å². The van der Waals surface area contributed by atoms with Gasteiger partial charge in [0.2, 0.25) is 0 Å². The van der Waals surface area contributed by atoms with E-state index in [-0.39, 0.29) is 0 Å². The topological polar surface area (TPSA) is 43.8 Å². The van der Waals surface area contributed by atoms with Gasteiger partial charge < -0.3 is 10.3 Å². The second kappa shape index (κ2) is 4.95. The van der Waals surface area contributed by atoms with Gasteiger partial charge >= 0.3 is 0 Å². The second-order valence-corrected chi connectivity index (χ2v) is 6.47. The zero-order valence-electron chi connectivity index (χ0n) is 10.1. The highest BCUT2D eigenvalue weighted by Gasteiger charge is 2.24. The highest BCUT2D eigenvalue weighted by Crippen LogP contribution is 2.40. The molecule has 3 nitrogen and oxygen atoms in total. The number of alkyl halides is 1. The molecule has 1 aromatic carbocycles. The van der Waals surface area contributed by atoms with E-state index >= 15 is 0 Å². The Hall–Kier alpha value is -0.980. The lowest BCUT2D eigenvalue weighted by atomic mass is 10.2. The quantitative estimate of drug-likeness (QED) is 0.695. The number of nitrogens with zero attached hydrogens (tertiary/aromatic N) is 2. The summed E-state index contributed by atoms with van der Waals surface area (Å²) in [5.74, 6) is 0.749. The predicted molar refractivity (Wildman–Crippen MR) is 80.0 cm³/mol. The van der Waals surface area contributed by atoms with Crippen LogP contribution in [0.25, 0.3) is 11.4 Å².